The second kappa shape index (κ2) is 7.36. The van der Waals surface area contributed by atoms with E-state index in [1.165, 1.54) is 48.7 Å². The Bertz CT molecular complexity index is 364. The van der Waals surface area contributed by atoms with E-state index >= 15 is 0 Å². The van der Waals surface area contributed by atoms with Crippen LogP contribution in [0.25, 0.3) is 0 Å². The average Bonchev–Trinajstić information content (AvgIpc) is 2.88. The van der Waals surface area contributed by atoms with Crippen LogP contribution in [0.15, 0.2) is 6.20 Å². The van der Waals surface area contributed by atoms with Gasteiger partial charge in [-0.2, -0.15) is 0 Å². The van der Waals surface area contributed by atoms with Crippen molar-refractivity contribution in [1.29, 1.82) is 0 Å². The quantitative estimate of drug-likeness (QED) is 0.807. The van der Waals surface area contributed by atoms with Crippen molar-refractivity contribution in [3.05, 3.63) is 16.1 Å². The Balaban J connectivity index is 1.81. The summed E-state index contributed by atoms with van der Waals surface area (Å²) < 4.78 is 0. The molecular weight excluding hydrogens is 254 g/mol. The zero-order valence-electron chi connectivity index (χ0n) is 12.3. The van der Waals surface area contributed by atoms with Crippen molar-refractivity contribution >= 4 is 11.3 Å². The van der Waals surface area contributed by atoms with Crippen LogP contribution >= 0.6 is 11.3 Å². The monoisotopic (exact) mass is 281 g/mol. The summed E-state index contributed by atoms with van der Waals surface area (Å²) in [5.41, 5.74) is 0.519. The van der Waals surface area contributed by atoms with Gasteiger partial charge in [0.15, 0.2) is 0 Å². The highest BCUT2D eigenvalue weighted by atomic mass is 32.1. The number of aromatic nitrogens is 1. The van der Waals surface area contributed by atoms with Crippen molar-refractivity contribution in [1.82, 2.24) is 15.6 Å². The molecule has 2 N–H and O–H groups in total. The maximum atomic E-state index is 4.48. The van der Waals surface area contributed by atoms with Gasteiger partial charge in [0, 0.05) is 24.2 Å². The van der Waals surface area contributed by atoms with Gasteiger partial charge >= 0.3 is 0 Å². The summed E-state index contributed by atoms with van der Waals surface area (Å²) in [5, 5.41) is 8.37. The second-order valence-electron chi connectivity index (χ2n) is 5.68. The van der Waals surface area contributed by atoms with Gasteiger partial charge in [0.25, 0.3) is 0 Å². The fourth-order valence-electron chi connectivity index (χ4n) is 3.03. The molecule has 1 aliphatic rings. The van der Waals surface area contributed by atoms with Crippen LogP contribution < -0.4 is 10.6 Å². The summed E-state index contributed by atoms with van der Waals surface area (Å²) in [6.45, 7) is 8.93. The molecule has 0 aromatic carbocycles. The Morgan fingerprint density at radius 2 is 2.16 bits per heavy atom. The fraction of sp³-hybridized carbons (Fsp3) is 0.800. The van der Waals surface area contributed by atoms with E-state index in [1.807, 2.05) is 17.5 Å². The highest BCUT2D eigenvalue weighted by Crippen LogP contribution is 2.33. The summed E-state index contributed by atoms with van der Waals surface area (Å²) in [6.07, 6.45) is 8.38. The first-order valence-corrected chi connectivity index (χ1v) is 8.44. The van der Waals surface area contributed by atoms with Crippen LogP contribution in [0, 0.1) is 5.41 Å². The summed E-state index contributed by atoms with van der Waals surface area (Å²) >= 11 is 1.85. The van der Waals surface area contributed by atoms with Gasteiger partial charge in [-0.3, -0.25) is 0 Å². The number of nitrogens with one attached hydrogen (secondary N) is 2. The molecule has 2 rings (SSSR count). The number of aryl methyl sites for hydroxylation is 1. The van der Waals surface area contributed by atoms with Crippen LogP contribution in [0.2, 0.25) is 0 Å². The van der Waals surface area contributed by atoms with E-state index < -0.39 is 0 Å². The lowest BCUT2D eigenvalue weighted by atomic mass is 9.75. The third-order valence-electron chi connectivity index (χ3n) is 4.17. The molecule has 0 atom stereocenters. The lowest BCUT2D eigenvalue weighted by Crippen LogP contribution is -2.43. The minimum Gasteiger partial charge on any atom is -0.317 e. The van der Waals surface area contributed by atoms with Gasteiger partial charge in [0.05, 0.1) is 0 Å². The molecule has 19 heavy (non-hydrogen) atoms. The van der Waals surface area contributed by atoms with Gasteiger partial charge in [0.1, 0.15) is 5.01 Å². The highest BCUT2D eigenvalue weighted by molar-refractivity contribution is 7.11. The third-order valence-corrected chi connectivity index (χ3v) is 5.31. The molecular formula is C15H27N3S. The first kappa shape index (κ1) is 14.9. The van der Waals surface area contributed by atoms with E-state index in [0.717, 1.165) is 19.5 Å². The van der Waals surface area contributed by atoms with Crippen molar-refractivity contribution in [2.75, 3.05) is 19.6 Å². The molecule has 3 nitrogen and oxygen atoms in total. The number of piperidine rings is 1. The van der Waals surface area contributed by atoms with E-state index in [9.17, 15) is 0 Å². The molecule has 4 heteroatoms. The number of hydrogen-bond acceptors (Lipinski definition) is 4. The number of hydrogen-bond donors (Lipinski definition) is 2. The highest BCUT2D eigenvalue weighted by Gasteiger charge is 2.30. The molecule has 108 valence electrons. The van der Waals surface area contributed by atoms with E-state index in [0.29, 0.717) is 5.41 Å². The Morgan fingerprint density at radius 3 is 2.79 bits per heavy atom. The zero-order valence-corrected chi connectivity index (χ0v) is 13.1. The van der Waals surface area contributed by atoms with Gasteiger partial charge < -0.3 is 10.6 Å². The molecule has 0 aliphatic carbocycles. The van der Waals surface area contributed by atoms with Crippen LogP contribution in [-0.4, -0.2) is 24.6 Å². The Labute approximate surface area is 121 Å². The topological polar surface area (TPSA) is 37.0 Å². The van der Waals surface area contributed by atoms with Gasteiger partial charge in [-0.05, 0) is 44.2 Å². The van der Waals surface area contributed by atoms with Gasteiger partial charge in [-0.25, -0.2) is 4.98 Å². The fourth-order valence-corrected chi connectivity index (χ4v) is 3.86. The Morgan fingerprint density at radius 1 is 1.37 bits per heavy atom. The number of nitrogens with zero attached hydrogens (tertiary/aromatic N) is 1. The molecule has 0 radical (unpaired) electrons. The molecule has 0 amide bonds. The lowest BCUT2D eigenvalue weighted by Gasteiger charge is -2.38. The molecule has 0 unspecified atom stereocenters. The smallest absolute Gasteiger partial charge is 0.107 e. The minimum atomic E-state index is 0.519. The van der Waals surface area contributed by atoms with E-state index in [4.69, 9.17) is 0 Å². The van der Waals surface area contributed by atoms with Crippen LogP contribution in [0.3, 0.4) is 0 Å². The van der Waals surface area contributed by atoms with Gasteiger partial charge in [-0.15, -0.1) is 11.3 Å². The van der Waals surface area contributed by atoms with Gasteiger partial charge in [-0.1, -0.05) is 20.3 Å². The summed E-state index contributed by atoms with van der Waals surface area (Å²) in [5.74, 6) is 0. The predicted octanol–water partition coefficient (Wildman–Crippen LogP) is 2.97. The molecule has 2 heterocycles. The molecule has 0 bridgehead atoms. The molecule has 0 spiro atoms. The van der Waals surface area contributed by atoms with Crippen molar-refractivity contribution in [2.24, 2.45) is 5.41 Å². The summed E-state index contributed by atoms with van der Waals surface area (Å²) in [4.78, 5) is 5.87. The number of thiazole rings is 1. The maximum Gasteiger partial charge on any atom is 0.107 e. The van der Waals surface area contributed by atoms with Crippen LogP contribution in [-0.2, 0) is 13.0 Å². The normalized spacial score (nSPS) is 18.6. The number of rotatable bonds is 7. The van der Waals surface area contributed by atoms with Crippen LogP contribution in [0.4, 0.5) is 0 Å². The Kier molecular flexibility index (Phi) is 5.79. The Hall–Kier alpha value is -0.450. The molecule has 1 aromatic rings. The predicted molar refractivity (Wildman–Crippen MR) is 82.6 cm³/mol. The molecule has 1 aliphatic heterocycles. The van der Waals surface area contributed by atoms with Crippen molar-refractivity contribution < 1.29 is 0 Å². The van der Waals surface area contributed by atoms with E-state index in [1.54, 1.807) is 0 Å². The molecule has 1 saturated heterocycles. The lowest BCUT2D eigenvalue weighted by molar-refractivity contribution is 0.176. The standard InChI is InChI=1S/C15H27N3S/c1-3-5-15(6-8-16-9-7-15)12-17-11-14-18-10-13(4-2)19-14/h10,16-17H,3-9,11-12H2,1-2H3. The van der Waals surface area contributed by atoms with Crippen molar-refractivity contribution in [3.63, 3.8) is 0 Å². The SMILES string of the molecule is CCCC1(CNCc2ncc(CC)s2)CCNCC1. The van der Waals surface area contributed by atoms with Crippen molar-refractivity contribution in [2.45, 2.75) is 52.5 Å². The minimum absolute atomic E-state index is 0.519. The van der Waals surface area contributed by atoms with Crippen molar-refractivity contribution in [3.8, 4) is 0 Å². The second-order valence-corrected chi connectivity index (χ2v) is 6.88. The molecule has 1 fully saturated rings. The summed E-state index contributed by atoms with van der Waals surface area (Å²) in [7, 11) is 0. The summed E-state index contributed by atoms with van der Waals surface area (Å²) in [6, 6.07) is 0. The zero-order chi connectivity index (χ0) is 13.6. The molecule has 0 saturated carbocycles. The molecule has 1 aromatic heterocycles. The first-order valence-electron chi connectivity index (χ1n) is 7.63. The average molecular weight is 281 g/mol. The largest absolute Gasteiger partial charge is 0.317 e. The third kappa shape index (κ3) is 4.26. The van der Waals surface area contributed by atoms with E-state index in [2.05, 4.69) is 29.5 Å². The first-order chi connectivity index (χ1) is 9.28. The van der Waals surface area contributed by atoms with Crippen LogP contribution in [0.1, 0.15) is 49.4 Å². The maximum absolute atomic E-state index is 4.48. The van der Waals surface area contributed by atoms with Crippen LogP contribution in [0.5, 0.6) is 0 Å². The van der Waals surface area contributed by atoms with Gasteiger partial charge in [0.2, 0.25) is 0 Å². The van der Waals surface area contributed by atoms with E-state index in [-0.39, 0.29) is 0 Å².